The van der Waals surface area contributed by atoms with Gasteiger partial charge >= 0.3 is 5.97 Å². The lowest BCUT2D eigenvalue weighted by Crippen LogP contribution is -2.46. The molecule has 1 aromatic heterocycles. The number of carboxylic acid groups (broad SMARTS) is 1. The second-order valence-corrected chi connectivity index (χ2v) is 10.8. The number of aryl methyl sites for hydroxylation is 1. The van der Waals surface area contributed by atoms with Gasteiger partial charge in [0.2, 0.25) is 0 Å². The van der Waals surface area contributed by atoms with Gasteiger partial charge in [0.25, 0.3) is 0 Å². The van der Waals surface area contributed by atoms with Crippen LogP contribution in [0.3, 0.4) is 0 Å². The van der Waals surface area contributed by atoms with E-state index >= 15 is 0 Å². The van der Waals surface area contributed by atoms with E-state index in [-0.39, 0.29) is 30.3 Å². The van der Waals surface area contributed by atoms with Crippen molar-refractivity contribution in [3.63, 3.8) is 0 Å². The molecular weight excluding hydrogens is 462 g/mol. The second-order valence-electron chi connectivity index (χ2n) is 9.89. The van der Waals surface area contributed by atoms with Gasteiger partial charge in [0.1, 0.15) is 10.8 Å². The molecule has 2 heterocycles. The molecule has 0 amide bonds. The van der Waals surface area contributed by atoms with Crippen molar-refractivity contribution < 1.29 is 19.5 Å². The summed E-state index contributed by atoms with van der Waals surface area (Å²) in [6, 6.07) is 5.88. The maximum absolute atomic E-state index is 13.1. The predicted molar refractivity (Wildman–Crippen MR) is 136 cm³/mol. The zero-order valence-electron chi connectivity index (χ0n) is 20.5. The van der Waals surface area contributed by atoms with Crippen LogP contribution >= 0.6 is 11.3 Å². The van der Waals surface area contributed by atoms with Gasteiger partial charge in [-0.05, 0) is 31.4 Å². The Morgan fingerprint density at radius 2 is 1.77 bits per heavy atom. The van der Waals surface area contributed by atoms with Crippen LogP contribution in [0.2, 0.25) is 0 Å². The zero-order valence-corrected chi connectivity index (χ0v) is 21.3. The summed E-state index contributed by atoms with van der Waals surface area (Å²) in [5.74, 6) is -0.363. The Morgan fingerprint density at radius 3 is 2.49 bits per heavy atom. The van der Waals surface area contributed by atoms with Crippen LogP contribution in [0.15, 0.2) is 23.6 Å². The summed E-state index contributed by atoms with van der Waals surface area (Å²) in [6.07, 6.45) is 4.88. The number of carboxylic acids is 1. The van der Waals surface area contributed by atoms with E-state index < -0.39 is 5.97 Å². The molecule has 0 spiro atoms. The summed E-state index contributed by atoms with van der Waals surface area (Å²) in [5.41, 5.74) is 3.60. The van der Waals surface area contributed by atoms with E-state index in [2.05, 4.69) is 9.80 Å². The highest BCUT2D eigenvalue weighted by atomic mass is 32.1. The fourth-order valence-electron chi connectivity index (χ4n) is 5.08. The Hall–Kier alpha value is -2.42. The van der Waals surface area contributed by atoms with Gasteiger partial charge in [-0.3, -0.25) is 19.3 Å². The smallest absolute Gasteiger partial charge is 0.304 e. The van der Waals surface area contributed by atoms with E-state index in [9.17, 15) is 14.4 Å². The summed E-state index contributed by atoms with van der Waals surface area (Å²) in [5, 5.41) is 11.7. The molecule has 4 rings (SSSR count). The van der Waals surface area contributed by atoms with Crippen LogP contribution in [0.1, 0.15) is 64.3 Å². The first kappa shape index (κ1) is 25.7. The minimum atomic E-state index is -0.754. The van der Waals surface area contributed by atoms with E-state index in [0.717, 1.165) is 85.8 Å². The lowest BCUT2D eigenvalue weighted by Gasteiger charge is -2.34. The van der Waals surface area contributed by atoms with Crippen molar-refractivity contribution in [2.75, 3.05) is 32.7 Å². The van der Waals surface area contributed by atoms with E-state index in [1.807, 2.05) is 30.5 Å². The van der Waals surface area contributed by atoms with Gasteiger partial charge in [0.15, 0.2) is 5.78 Å². The van der Waals surface area contributed by atoms with E-state index in [0.29, 0.717) is 13.0 Å². The van der Waals surface area contributed by atoms with Crippen molar-refractivity contribution in [1.82, 2.24) is 14.8 Å². The lowest BCUT2D eigenvalue weighted by molar-refractivity contribution is -0.137. The van der Waals surface area contributed by atoms with E-state index in [1.165, 1.54) is 11.3 Å². The molecule has 1 saturated carbocycles. The molecule has 1 aliphatic carbocycles. The molecule has 1 aliphatic heterocycles. The molecule has 8 heteroatoms. The number of hydrogen-bond acceptors (Lipinski definition) is 7. The average molecular weight is 498 g/mol. The first-order chi connectivity index (χ1) is 16.9. The summed E-state index contributed by atoms with van der Waals surface area (Å²) < 4.78 is 0. The number of carbonyl (C=O) groups is 3. The van der Waals surface area contributed by atoms with Crippen LogP contribution in [0, 0.1) is 12.8 Å². The van der Waals surface area contributed by atoms with Crippen LogP contribution in [0.4, 0.5) is 0 Å². The van der Waals surface area contributed by atoms with Crippen LogP contribution in [0.5, 0.6) is 0 Å². The normalized spacial score (nSPS) is 17.6. The van der Waals surface area contributed by atoms with Gasteiger partial charge in [-0.1, -0.05) is 30.5 Å². The number of thiazole rings is 1. The van der Waals surface area contributed by atoms with Crippen LogP contribution < -0.4 is 0 Å². The van der Waals surface area contributed by atoms with Gasteiger partial charge in [0, 0.05) is 62.6 Å². The predicted octanol–water partition coefficient (Wildman–Crippen LogP) is 3.77. The summed E-state index contributed by atoms with van der Waals surface area (Å²) in [7, 11) is 0. The van der Waals surface area contributed by atoms with Crippen molar-refractivity contribution in [3.8, 4) is 0 Å². The number of aliphatic carboxylic acids is 1. The molecule has 1 aromatic carbocycles. The van der Waals surface area contributed by atoms with Gasteiger partial charge in [-0.25, -0.2) is 4.98 Å². The summed E-state index contributed by atoms with van der Waals surface area (Å²) in [6.45, 7) is 6.83. The number of ketones is 2. The second kappa shape index (κ2) is 12.0. The van der Waals surface area contributed by atoms with Crippen molar-refractivity contribution in [2.24, 2.45) is 5.92 Å². The molecule has 1 saturated heterocycles. The molecule has 0 atom stereocenters. The van der Waals surface area contributed by atoms with Crippen LogP contribution in [-0.4, -0.2) is 70.1 Å². The maximum Gasteiger partial charge on any atom is 0.304 e. The number of hydrogen-bond donors (Lipinski definition) is 1. The first-order valence-electron chi connectivity index (χ1n) is 12.6. The SMILES string of the molecule is Cc1ccc(CC(=O)Cc2nc(CN3CCN(CCC(=O)O)CC3)cs2)c(C(=O)C2CCCC2)c1. The quantitative estimate of drug-likeness (QED) is 0.473. The molecule has 1 N–H and O–H groups in total. The average Bonchev–Trinajstić information content (AvgIpc) is 3.52. The van der Waals surface area contributed by atoms with Crippen LogP contribution in [-0.2, 0) is 29.0 Å². The molecular formula is C27H35N3O4S. The molecule has 0 unspecified atom stereocenters. The minimum Gasteiger partial charge on any atom is -0.481 e. The fourth-order valence-corrected chi connectivity index (χ4v) is 5.90. The number of nitrogens with zero attached hydrogens (tertiary/aromatic N) is 3. The number of rotatable bonds is 11. The number of benzene rings is 1. The Kier molecular flexibility index (Phi) is 8.81. The van der Waals surface area contributed by atoms with Gasteiger partial charge in [-0.15, -0.1) is 11.3 Å². The monoisotopic (exact) mass is 497 g/mol. The largest absolute Gasteiger partial charge is 0.481 e. The fraction of sp³-hybridized carbons (Fsp3) is 0.556. The van der Waals surface area contributed by atoms with E-state index in [4.69, 9.17) is 10.1 Å². The summed E-state index contributed by atoms with van der Waals surface area (Å²) in [4.78, 5) is 46.0. The molecule has 2 aromatic rings. The van der Waals surface area contributed by atoms with Gasteiger partial charge in [0.05, 0.1) is 18.5 Å². The molecule has 7 nitrogen and oxygen atoms in total. The summed E-state index contributed by atoms with van der Waals surface area (Å²) >= 11 is 1.52. The minimum absolute atomic E-state index is 0.0854. The van der Waals surface area contributed by atoms with E-state index in [1.54, 1.807) is 0 Å². The molecule has 0 radical (unpaired) electrons. The number of Topliss-reactive ketones (excluding diaryl/α,β-unsaturated/α-hetero) is 2. The lowest BCUT2D eigenvalue weighted by atomic mass is 9.90. The third-order valence-corrected chi connectivity index (χ3v) is 7.98. The van der Waals surface area contributed by atoms with Crippen molar-refractivity contribution >= 4 is 28.9 Å². The molecule has 2 aliphatic rings. The Labute approximate surface area is 211 Å². The highest BCUT2D eigenvalue weighted by Gasteiger charge is 2.26. The topological polar surface area (TPSA) is 90.8 Å². The Morgan fingerprint density at radius 1 is 1.06 bits per heavy atom. The van der Waals surface area contributed by atoms with Gasteiger partial charge < -0.3 is 10.0 Å². The molecule has 35 heavy (non-hydrogen) atoms. The van der Waals surface area contributed by atoms with Crippen molar-refractivity contribution in [2.45, 2.75) is 58.4 Å². The van der Waals surface area contributed by atoms with Crippen molar-refractivity contribution in [3.05, 3.63) is 51.0 Å². The number of piperazine rings is 1. The first-order valence-corrected chi connectivity index (χ1v) is 13.5. The van der Waals surface area contributed by atoms with Gasteiger partial charge in [-0.2, -0.15) is 0 Å². The maximum atomic E-state index is 13.1. The van der Waals surface area contributed by atoms with Crippen LogP contribution in [0.25, 0.3) is 0 Å². The highest BCUT2D eigenvalue weighted by molar-refractivity contribution is 7.09. The van der Waals surface area contributed by atoms with Crippen molar-refractivity contribution in [1.29, 1.82) is 0 Å². The molecule has 188 valence electrons. The third-order valence-electron chi connectivity index (χ3n) is 7.08. The number of aromatic nitrogens is 1. The Balaban J connectivity index is 1.29. The molecule has 2 fully saturated rings. The number of carbonyl (C=O) groups excluding carboxylic acids is 2. The highest BCUT2D eigenvalue weighted by Crippen LogP contribution is 2.30. The standard InChI is InChI=1S/C27H35N3O4S/c1-19-6-7-21(24(14-19)27(34)20-4-2-3-5-20)15-23(31)16-25-28-22(18-35-25)17-30-12-10-29(11-13-30)9-8-26(32)33/h6-7,14,18,20H,2-5,8-13,15-17H2,1H3,(H,32,33). The molecule has 0 bridgehead atoms. The third kappa shape index (κ3) is 7.29. The zero-order chi connectivity index (χ0) is 24.8. The Bertz CT molecular complexity index is 1050.